The van der Waals surface area contributed by atoms with Crippen LogP contribution in [0.1, 0.15) is 37.7 Å². The van der Waals surface area contributed by atoms with Crippen LogP contribution in [0.25, 0.3) is 0 Å². The third-order valence-corrected chi connectivity index (χ3v) is 9.49. The van der Waals surface area contributed by atoms with E-state index < -0.39 is 15.8 Å². The molecule has 0 aromatic heterocycles. The quantitative estimate of drug-likeness (QED) is 0.752. The Labute approximate surface area is 171 Å². The normalized spacial score (nSPS) is 28.8. The molecule has 3 heterocycles. The number of sulfonamides is 1. The lowest BCUT2D eigenvalue weighted by Gasteiger charge is -2.57. The zero-order valence-corrected chi connectivity index (χ0v) is 17.3. The molecule has 1 aromatic rings. The van der Waals surface area contributed by atoms with Crippen molar-refractivity contribution in [3.8, 4) is 6.07 Å². The smallest absolute Gasteiger partial charge is 0.246 e. The van der Waals surface area contributed by atoms with Crippen molar-refractivity contribution in [3.05, 3.63) is 29.6 Å². The number of benzene rings is 1. The van der Waals surface area contributed by atoms with E-state index >= 15 is 0 Å². The average Bonchev–Trinajstić information content (AvgIpc) is 3.03. The number of rotatable bonds is 3. The summed E-state index contributed by atoms with van der Waals surface area (Å²) in [4.78, 5) is 2.20. The van der Waals surface area contributed by atoms with Crippen LogP contribution < -0.4 is 0 Å². The van der Waals surface area contributed by atoms with Crippen molar-refractivity contribution in [3.63, 3.8) is 0 Å². The van der Waals surface area contributed by atoms with E-state index in [-0.39, 0.29) is 15.9 Å². The molecule has 1 unspecified atom stereocenters. The third-order valence-electron chi connectivity index (χ3n) is 7.57. The molecule has 0 amide bonds. The predicted molar refractivity (Wildman–Crippen MR) is 104 cm³/mol. The van der Waals surface area contributed by atoms with Gasteiger partial charge in [-0.2, -0.15) is 9.57 Å². The summed E-state index contributed by atoms with van der Waals surface area (Å²) >= 11 is 0. The van der Waals surface area contributed by atoms with Crippen LogP contribution >= 0.6 is 0 Å². The Morgan fingerprint density at radius 3 is 2.48 bits per heavy atom. The van der Waals surface area contributed by atoms with Crippen molar-refractivity contribution in [2.24, 2.45) is 10.8 Å². The second-order valence-corrected chi connectivity index (χ2v) is 11.3. The second kappa shape index (κ2) is 6.74. The summed E-state index contributed by atoms with van der Waals surface area (Å²) in [7, 11) is -3.92. The minimum absolute atomic E-state index is 0.211. The molecule has 1 aliphatic carbocycles. The first-order chi connectivity index (χ1) is 13.9. The van der Waals surface area contributed by atoms with Crippen LogP contribution in [-0.4, -0.2) is 63.1 Å². The molecule has 4 aliphatic rings. The fraction of sp³-hybridized carbons (Fsp3) is 0.667. The lowest BCUT2D eigenvalue weighted by Crippen LogP contribution is -2.67. The molecule has 4 fully saturated rings. The molecule has 1 aromatic carbocycles. The summed E-state index contributed by atoms with van der Waals surface area (Å²) in [5.41, 5.74) is 0.403. The van der Waals surface area contributed by atoms with Crippen LogP contribution in [-0.2, 0) is 14.8 Å². The van der Waals surface area contributed by atoms with E-state index in [2.05, 4.69) is 4.90 Å². The minimum atomic E-state index is -3.92. The van der Waals surface area contributed by atoms with E-state index in [1.165, 1.54) is 28.9 Å². The zero-order chi connectivity index (χ0) is 20.3. The second-order valence-electron chi connectivity index (χ2n) is 9.43. The summed E-state index contributed by atoms with van der Waals surface area (Å²) in [6, 6.07) is 6.31. The fourth-order valence-electron chi connectivity index (χ4n) is 5.73. The van der Waals surface area contributed by atoms with Gasteiger partial charge in [0.1, 0.15) is 11.0 Å². The lowest BCUT2D eigenvalue weighted by atomic mass is 9.75. The topological polar surface area (TPSA) is 73.6 Å². The molecule has 2 spiro atoms. The maximum absolute atomic E-state index is 14.5. The zero-order valence-electron chi connectivity index (χ0n) is 16.4. The predicted octanol–water partition coefficient (Wildman–Crippen LogP) is 2.35. The SMILES string of the molecule is N#Cc1cccc(S(=O)(=O)N2CCC3(CCC(N4CC5(COC5)C4)C3)CC2)c1F. The summed E-state index contributed by atoms with van der Waals surface area (Å²) < 4.78 is 47.2. The largest absolute Gasteiger partial charge is 0.380 e. The molecule has 1 atom stereocenters. The average molecular weight is 420 g/mol. The first-order valence-electron chi connectivity index (χ1n) is 10.4. The van der Waals surface area contributed by atoms with Gasteiger partial charge in [-0.05, 0) is 49.7 Å². The summed E-state index contributed by atoms with van der Waals surface area (Å²) in [6.45, 7) is 4.92. The standard InChI is InChI=1S/C21H26FN3O3S/c22-19-16(11-23)2-1-3-18(19)29(26,27)25-8-6-20(7-9-25)5-4-17(10-20)24-12-21(13-24)14-28-15-21/h1-3,17H,4-10,12-15H2. The Morgan fingerprint density at radius 2 is 1.86 bits per heavy atom. The molecular formula is C21H26FN3O3S. The molecule has 0 bridgehead atoms. The number of nitriles is 1. The Balaban J connectivity index is 1.23. The Kier molecular flexibility index (Phi) is 4.52. The maximum atomic E-state index is 14.5. The van der Waals surface area contributed by atoms with Gasteiger partial charge in [-0.1, -0.05) is 6.07 Å². The molecule has 8 heteroatoms. The molecule has 156 valence electrons. The minimum Gasteiger partial charge on any atom is -0.380 e. The Morgan fingerprint density at radius 1 is 1.14 bits per heavy atom. The molecule has 3 saturated heterocycles. The van der Waals surface area contributed by atoms with Crippen molar-refractivity contribution in [2.45, 2.75) is 43.0 Å². The van der Waals surface area contributed by atoms with E-state index in [9.17, 15) is 12.8 Å². The lowest BCUT2D eigenvalue weighted by molar-refractivity contribution is -0.198. The molecule has 29 heavy (non-hydrogen) atoms. The van der Waals surface area contributed by atoms with Gasteiger partial charge in [0, 0.05) is 37.6 Å². The van der Waals surface area contributed by atoms with Gasteiger partial charge < -0.3 is 4.74 Å². The van der Waals surface area contributed by atoms with Crippen molar-refractivity contribution >= 4 is 10.0 Å². The van der Waals surface area contributed by atoms with E-state index in [1.807, 2.05) is 0 Å². The molecule has 5 rings (SSSR count). The van der Waals surface area contributed by atoms with Gasteiger partial charge in [0.25, 0.3) is 0 Å². The number of hydrogen-bond donors (Lipinski definition) is 0. The Hall–Kier alpha value is -1.53. The number of likely N-dealkylation sites (tertiary alicyclic amines) is 1. The highest BCUT2D eigenvalue weighted by molar-refractivity contribution is 7.89. The van der Waals surface area contributed by atoms with Crippen LogP contribution in [0.3, 0.4) is 0 Å². The first-order valence-corrected chi connectivity index (χ1v) is 11.8. The van der Waals surface area contributed by atoms with Crippen LogP contribution in [0.5, 0.6) is 0 Å². The molecular weight excluding hydrogens is 393 g/mol. The van der Waals surface area contributed by atoms with Crippen LogP contribution in [0.4, 0.5) is 4.39 Å². The molecule has 3 aliphatic heterocycles. The fourth-order valence-corrected chi connectivity index (χ4v) is 7.25. The van der Waals surface area contributed by atoms with Crippen molar-refractivity contribution in [2.75, 3.05) is 39.4 Å². The highest BCUT2D eigenvalue weighted by atomic mass is 32.2. The van der Waals surface area contributed by atoms with E-state index in [0.717, 1.165) is 52.0 Å². The summed E-state index contributed by atoms with van der Waals surface area (Å²) in [5, 5.41) is 9.00. The first kappa shape index (κ1) is 19.4. The van der Waals surface area contributed by atoms with Crippen molar-refractivity contribution < 1.29 is 17.5 Å². The van der Waals surface area contributed by atoms with Gasteiger partial charge in [0.15, 0.2) is 5.82 Å². The Bertz CT molecular complexity index is 954. The molecule has 1 saturated carbocycles. The van der Waals surface area contributed by atoms with Gasteiger partial charge in [0.2, 0.25) is 10.0 Å². The molecule has 6 nitrogen and oxygen atoms in total. The highest BCUT2D eigenvalue weighted by Crippen LogP contribution is 2.51. The molecule has 0 radical (unpaired) electrons. The van der Waals surface area contributed by atoms with Crippen molar-refractivity contribution in [1.29, 1.82) is 5.26 Å². The van der Waals surface area contributed by atoms with E-state index in [0.29, 0.717) is 24.5 Å². The number of piperidine rings is 1. The summed E-state index contributed by atoms with van der Waals surface area (Å²) in [6.07, 6.45) is 5.11. The van der Waals surface area contributed by atoms with Gasteiger partial charge in [-0.3, -0.25) is 4.90 Å². The number of ether oxygens (including phenoxy) is 1. The number of nitrogens with zero attached hydrogens (tertiary/aromatic N) is 3. The van der Waals surface area contributed by atoms with Gasteiger partial charge >= 0.3 is 0 Å². The highest BCUT2D eigenvalue weighted by Gasteiger charge is 2.53. The molecule has 0 N–H and O–H groups in total. The number of halogens is 1. The van der Waals surface area contributed by atoms with Crippen LogP contribution in [0.2, 0.25) is 0 Å². The monoisotopic (exact) mass is 419 g/mol. The van der Waals surface area contributed by atoms with Gasteiger partial charge in [0.05, 0.1) is 18.8 Å². The van der Waals surface area contributed by atoms with Gasteiger partial charge in [-0.15, -0.1) is 0 Å². The van der Waals surface area contributed by atoms with E-state index in [1.54, 1.807) is 6.07 Å². The van der Waals surface area contributed by atoms with Gasteiger partial charge in [-0.25, -0.2) is 12.8 Å². The van der Waals surface area contributed by atoms with Crippen LogP contribution in [0.15, 0.2) is 23.1 Å². The number of hydrogen-bond acceptors (Lipinski definition) is 5. The van der Waals surface area contributed by atoms with E-state index in [4.69, 9.17) is 10.00 Å². The maximum Gasteiger partial charge on any atom is 0.246 e. The third kappa shape index (κ3) is 3.10. The van der Waals surface area contributed by atoms with Crippen molar-refractivity contribution in [1.82, 2.24) is 9.21 Å². The van der Waals surface area contributed by atoms with Crippen LogP contribution in [0, 0.1) is 28.0 Å². The summed E-state index contributed by atoms with van der Waals surface area (Å²) in [5.74, 6) is -0.942.